The highest BCUT2D eigenvalue weighted by molar-refractivity contribution is 9.11. The fourth-order valence-electron chi connectivity index (χ4n) is 2.09. The van der Waals surface area contributed by atoms with E-state index in [1.165, 1.54) is 45.6 Å². The Morgan fingerprint density at radius 3 is 2.06 bits per heavy atom. The SMILES string of the molecule is COC(=O)/C1=C(\Br)CCCCCCCCC1. The van der Waals surface area contributed by atoms with Crippen LogP contribution in [-0.4, -0.2) is 13.1 Å². The van der Waals surface area contributed by atoms with Gasteiger partial charge in [0.05, 0.1) is 7.11 Å². The van der Waals surface area contributed by atoms with E-state index >= 15 is 0 Å². The molecule has 92 valence electrons. The van der Waals surface area contributed by atoms with Gasteiger partial charge in [0.1, 0.15) is 0 Å². The normalized spacial score (nSPS) is 24.6. The van der Waals surface area contributed by atoms with Gasteiger partial charge in [-0.05, 0) is 25.7 Å². The third kappa shape index (κ3) is 4.69. The van der Waals surface area contributed by atoms with Crippen LogP contribution in [0.25, 0.3) is 0 Å². The summed E-state index contributed by atoms with van der Waals surface area (Å²) in [5.74, 6) is -0.161. The van der Waals surface area contributed by atoms with Crippen molar-refractivity contribution >= 4 is 21.9 Å². The summed E-state index contributed by atoms with van der Waals surface area (Å²) in [5.41, 5.74) is 0.851. The lowest BCUT2D eigenvalue weighted by Crippen LogP contribution is -2.06. The molecule has 0 aromatic heterocycles. The lowest BCUT2D eigenvalue weighted by molar-refractivity contribution is -0.136. The predicted octanol–water partition coefficient (Wildman–Crippen LogP) is 4.33. The van der Waals surface area contributed by atoms with Gasteiger partial charge in [0.25, 0.3) is 0 Å². The molecule has 0 N–H and O–H groups in total. The summed E-state index contributed by atoms with van der Waals surface area (Å²) in [4.78, 5) is 11.6. The van der Waals surface area contributed by atoms with Crippen molar-refractivity contribution in [3.05, 3.63) is 10.1 Å². The molecule has 0 heterocycles. The van der Waals surface area contributed by atoms with Crippen LogP contribution in [0.4, 0.5) is 0 Å². The van der Waals surface area contributed by atoms with Crippen molar-refractivity contribution in [2.75, 3.05) is 7.11 Å². The van der Waals surface area contributed by atoms with Gasteiger partial charge in [0.2, 0.25) is 0 Å². The molecule has 0 aromatic carbocycles. The summed E-state index contributed by atoms with van der Waals surface area (Å²) in [7, 11) is 1.46. The van der Waals surface area contributed by atoms with E-state index in [-0.39, 0.29) is 5.97 Å². The molecule has 16 heavy (non-hydrogen) atoms. The van der Waals surface area contributed by atoms with Crippen molar-refractivity contribution in [3.8, 4) is 0 Å². The van der Waals surface area contributed by atoms with Crippen molar-refractivity contribution in [1.29, 1.82) is 0 Å². The quantitative estimate of drug-likeness (QED) is 0.671. The Morgan fingerprint density at radius 2 is 1.50 bits per heavy atom. The van der Waals surface area contributed by atoms with E-state index < -0.39 is 0 Å². The summed E-state index contributed by atoms with van der Waals surface area (Å²) in [6, 6.07) is 0. The number of hydrogen-bond donors (Lipinski definition) is 0. The molecular weight excluding hydrogens is 268 g/mol. The second kappa shape index (κ2) is 7.88. The molecule has 0 radical (unpaired) electrons. The lowest BCUT2D eigenvalue weighted by atomic mass is 10.1. The minimum atomic E-state index is -0.161. The molecule has 0 unspecified atom stereocenters. The Morgan fingerprint density at radius 1 is 1.00 bits per heavy atom. The van der Waals surface area contributed by atoms with Crippen LogP contribution in [-0.2, 0) is 9.53 Å². The molecule has 0 fully saturated rings. The molecule has 0 aliphatic heterocycles. The van der Waals surface area contributed by atoms with Gasteiger partial charge in [0, 0.05) is 10.1 Å². The van der Waals surface area contributed by atoms with Crippen LogP contribution in [0.3, 0.4) is 0 Å². The fourth-order valence-corrected chi connectivity index (χ4v) is 2.73. The standard InChI is InChI=1S/C13H21BrO2/c1-16-13(15)11-9-7-5-3-2-4-6-8-10-12(11)14/h2-10H2,1H3/b12-11-. The number of halogens is 1. The maximum Gasteiger partial charge on any atom is 0.334 e. The fraction of sp³-hybridized carbons (Fsp3) is 0.769. The van der Waals surface area contributed by atoms with E-state index in [2.05, 4.69) is 15.9 Å². The highest BCUT2D eigenvalue weighted by atomic mass is 79.9. The van der Waals surface area contributed by atoms with Crippen LogP contribution in [0, 0.1) is 0 Å². The lowest BCUT2D eigenvalue weighted by Gasteiger charge is -2.08. The Kier molecular flexibility index (Phi) is 6.78. The molecule has 2 nitrogen and oxygen atoms in total. The summed E-state index contributed by atoms with van der Waals surface area (Å²) in [6.45, 7) is 0. The molecule has 1 rings (SSSR count). The molecule has 0 amide bonds. The van der Waals surface area contributed by atoms with E-state index in [0.29, 0.717) is 0 Å². The average molecular weight is 289 g/mol. The van der Waals surface area contributed by atoms with Gasteiger partial charge in [-0.3, -0.25) is 0 Å². The number of carbonyl (C=O) groups is 1. The monoisotopic (exact) mass is 288 g/mol. The second-order valence-corrected chi connectivity index (χ2v) is 5.31. The largest absolute Gasteiger partial charge is 0.466 e. The van der Waals surface area contributed by atoms with Gasteiger partial charge >= 0.3 is 5.97 Å². The minimum absolute atomic E-state index is 0.161. The number of methoxy groups -OCH3 is 1. The zero-order chi connectivity index (χ0) is 11.8. The Hall–Kier alpha value is -0.310. The third-order valence-corrected chi connectivity index (χ3v) is 3.96. The molecule has 0 aromatic rings. The van der Waals surface area contributed by atoms with E-state index in [1.54, 1.807) is 0 Å². The number of allylic oxidation sites excluding steroid dienone is 1. The number of rotatable bonds is 1. The summed E-state index contributed by atoms with van der Waals surface area (Å²) < 4.78 is 5.89. The molecule has 0 saturated carbocycles. The van der Waals surface area contributed by atoms with Gasteiger partial charge in [-0.25, -0.2) is 4.79 Å². The molecule has 0 bridgehead atoms. The molecule has 1 aliphatic rings. The topological polar surface area (TPSA) is 26.3 Å². The van der Waals surface area contributed by atoms with Crippen molar-refractivity contribution in [2.45, 2.75) is 57.8 Å². The number of hydrogen-bond acceptors (Lipinski definition) is 2. The predicted molar refractivity (Wildman–Crippen MR) is 69.5 cm³/mol. The highest BCUT2D eigenvalue weighted by Crippen LogP contribution is 2.26. The summed E-state index contributed by atoms with van der Waals surface area (Å²) in [5, 5.41) is 0. The molecule has 0 saturated heterocycles. The van der Waals surface area contributed by atoms with E-state index in [0.717, 1.165) is 29.3 Å². The van der Waals surface area contributed by atoms with Crippen molar-refractivity contribution in [3.63, 3.8) is 0 Å². The van der Waals surface area contributed by atoms with E-state index in [4.69, 9.17) is 4.74 Å². The van der Waals surface area contributed by atoms with Crippen LogP contribution in [0.5, 0.6) is 0 Å². The molecule has 1 aliphatic carbocycles. The molecule has 0 spiro atoms. The Bertz CT molecular complexity index is 259. The Labute approximate surface area is 107 Å². The summed E-state index contributed by atoms with van der Waals surface area (Å²) in [6.07, 6.45) is 10.5. The van der Waals surface area contributed by atoms with Gasteiger partial charge in [-0.1, -0.05) is 48.0 Å². The van der Waals surface area contributed by atoms with Crippen LogP contribution in [0.2, 0.25) is 0 Å². The zero-order valence-corrected chi connectivity index (χ0v) is 11.6. The Balaban J connectivity index is 2.66. The minimum Gasteiger partial charge on any atom is -0.466 e. The van der Waals surface area contributed by atoms with Gasteiger partial charge < -0.3 is 4.74 Å². The smallest absolute Gasteiger partial charge is 0.334 e. The maximum atomic E-state index is 11.6. The highest BCUT2D eigenvalue weighted by Gasteiger charge is 2.14. The van der Waals surface area contributed by atoms with Crippen LogP contribution < -0.4 is 0 Å². The van der Waals surface area contributed by atoms with Crippen LogP contribution >= 0.6 is 15.9 Å². The number of esters is 1. The van der Waals surface area contributed by atoms with Crippen molar-refractivity contribution < 1.29 is 9.53 Å². The average Bonchev–Trinajstić information content (AvgIpc) is 2.34. The summed E-state index contributed by atoms with van der Waals surface area (Å²) >= 11 is 3.55. The number of ether oxygens (including phenoxy) is 1. The first kappa shape index (κ1) is 13.8. The van der Waals surface area contributed by atoms with Crippen molar-refractivity contribution in [1.82, 2.24) is 0 Å². The van der Waals surface area contributed by atoms with Gasteiger partial charge in [-0.15, -0.1) is 0 Å². The van der Waals surface area contributed by atoms with E-state index in [9.17, 15) is 4.79 Å². The van der Waals surface area contributed by atoms with Crippen LogP contribution in [0.1, 0.15) is 57.8 Å². The molecule has 0 atom stereocenters. The van der Waals surface area contributed by atoms with Crippen molar-refractivity contribution in [2.24, 2.45) is 0 Å². The third-order valence-electron chi connectivity index (χ3n) is 3.08. The van der Waals surface area contributed by atoms with E-state index in [1.807, 2.05) is 0 Å². The number of carbonyl (C=O) groups excluding carboxylic acids is 1. The second-order valence-electron chi connectivity index (χ2n) is 4.35. The first-order valence-corrected chi connectivity index (χ1v) is 7.01. The van der Waals surface area contributed by atoms with Gasteiger partial charge in [-0.2, -0.15) is 0 Å². The van der Waals surface area contributed by atoms with Crippen LogP contribution in [0.15, 0.2) is 10.1 Å². The molecule has 3 heteroatoms. The zero-order valence-electron chi connectivity index (χ0n) is 10.1. The molecular formula is C13H21BrO2. The first-order chi connectivity index (χ1) is 7.75. The van der Waals surface area contributed by atoms with Gasteiger partial charge in [0.15, 0.2) is 0 Å². The maximum absolute atomic E-state index is 11.6. The first-order valence-electron chi connectivity index (χ1n) is 6.21.